The molecular weight excluding hydrogens is 300 g/mol. The molecule has 0 saturated carbocycles. The van der Waals surface area contributed by atoms with Gasteiger partial charge in [0.25, 0.3) is 5.91 Å². The van der Waals surface area contributed by atoms with Crippen LogP contribution in [0, 0.1) is 0 Å². The maximum Gasteiger partial charge on any atom is 0.255 e. The highest BCUT2D eigenvalue weighted by molar-refractivity contribution is 6.06. The lowest BCUT2D eigenvalue weighted by Gasteiger charge is -2.09. The number of anilines is 1. The maximum absolute atomic E-state index is 12.4. The zero-order valence-electron chi connectivity index (χ0n) is 12.7. The van der Waals surface area contributed by atoms with Gasteiger partial charge in [-0.25, -0.2) is 9.97 Å². The Labute approximate surface area is 138 Å². The summed E-state index contributed by atoms with van der Waals surface area (Å²) >= 11 is 0. The standard InChI is InChI=1S/C19H14N4O/c24-19(13-7-2-1-3-8-13)22-15-10-5-4-9-14(15)17-21-16-11-6-12-20-18(16)23-17/h1-12H,(H,22,24)(H,20,21,23). The van der Waals surface area contributed by atoms with Crippen LogP contribution in [0.3, 0.4) is 0 Å². The number of hydrogen-bond donors (Lipinski definition) is 2. The van der Waals surface area contributed by atoms with Crippen molar-refractivity contribution in [2.24, 2.45) is 0 Å². The van der Waals surface area contributed by atoms with E-state index in [2.05, 4.69) is 20.3 Å². The lowest BCUT2D eigenvalue weighted by atomic mass is 10.1. The van der Waals surface area contributed by atoms with Crippen LogP contribution in [-0.2, 0) is 0 Å². The number of pyridine rings is 1. The highest BCUT2D eigenvalue weighted by atomic mass is 16.1. The van der Waals surface area contributed by atoms with Crippen molar-refractivity contribution < 1.29 is 4.79 Å². The Hall–Kier alpha value is -3.47. The Balaban J connectivity index is 1.71. The summed E-state index contributed by atoms with van der Waals surface area (Å²) in [6.07, 6.45) is 1.70. The van der Waals surface area contributed by atoms with Gasteiger partial charge in [-0.2, -0.15) is 0 Å². The van der Waals surface area contributed by atoms with E-state index in [9.17, 15) is 4.79 Å². The lowest BCUT2D eigenvalue weighted by Crippen LogP contribution is -2.12. The smallest absolute Gasteiger partial charge is 0.255 e. The number of hydrogen-bond acceptors (Lipinski definition) is 3. The van der Waals surface area contributed by atoms with Gasteiger partial charge in [0.15, 0.2) is 5.65 Å². The molecule has 0 spiro atoms. The van der Waals surface area contributed by atoms with E-state index in [1.807, 2.05) is 54.6 Å². The summed E-state index contributed by atoms with van der Waals surface area (Å²) < 4.78 is 0. The molecule has 0 fully saturated rings. The zero-order valence-corrected chi connectivity index (χ0v) is 12.7. The van der Waals surface area contributed by atoms with Crippen molar-refractivity contribution >= 4 is 22.8 Å². The quantitative estimate of drug-likeness (QED) is 0.603. The number of nitrogens with one attached hydrogen (secondary N) is 2. The molecular formula is C19H14N4O. The van der Waals surface area contributed by atoms with Crippen LogP contribution >= 0.6 is 0 Å². The fraction of sp³-hybridized carbons (Fsp3) is 0. The second kappa shape index (κ2) is 5.96. The Bertz CT molecular complexity index is 975. The molecule has 2 N–H and O–H groups in total. The van der Waals surface area contributed by atoms with E-state index in [0.717, 1.165) is 11.1 Å². The number of fused-ring (bicyclic) bond motifs is 1. The number of imidazole rings is 1. The molecule has 116 valence electrons. The van der Waals surface area contributed by atoms with Gasteiger partial charge in [-0.3, -0.25) is 4.79 Å². The molecule has 2 heterocycles. The molecule has 0 bridgehead atoms. The fourth-order valence-electron chi connectivity index (χ4n) is 2.56. The van der Waals surface area contributed by atoms with Crippen LogP contribution in [0.15, 0.2) is 72.9 Å². The molecule has 5 nitrogen and oxygen atoms in total. The van der Waals surface area contributed by atoms with E-state index in [1.54, 1.807) is 18.3 Å². The topological polar surface area (TPSA) is 70.7 Å². The Kier molecular flexibility index (Phi) is 3.51. The van der Waals surface area contributed by atoms with Crippen molar-refractivity contribution in [1.82, 2.24) is 15.0 Å². The normalized spacial score (nSPS) is 10.7. The number of amides is 1. The number of benzene rings is 2. The molecule has 24 heavy (non-hydrogen) atoms. The molecule has 0 aliphatic carbocycles. The van der Waals surface area contributed by atoms with Crippen LogP contribution < -0.4 is 5.32 Å². The predicted octanol–water partition coefficient (Wildman–Crippen LogP) is 3.88. The minimum absolute atomic E-state index is 0.155. The third-order valence-electron chi connectivity index (χ3n) is 3.72. The molecule has 4 aromatic rings. The van der Waals surface area contributed by atoms with Crippen LogP contribution in [0.25, 0.3) is 22.6 Å². The third kappa shape index (κ3) is 2.63. The van der Waals surface area contributed by atoms with Gasteiger partial charge in [-0.05, 0) is 36.4 Å². The summed E-state index contributed by atoms with van der Waals surface area (Å²) in [6.45, 7) is 0. The van der Waals surface area contributed by atoms with Gasteiger partial charge in [-0.1, -0.05) is 30.3 Å². The van der Waals surface area contributed by atoms with Gasteiger partial charge in [0.2, 0.25) is 0 Å². The average Bonchev–Trinajstić information content (AvgIpc) is 3.07. The van der Waals surface area contributed by atoms with Gasteiger partial charge in [0, 0.05) is 17.3 Å². The Morgan fingerprint density at radius 2 is 1.71 bits per heavy atom. The number of carbonyl (C=O) groups is 1. The van der Waals surface area contributed by atoms with Crippen molar-refractivity contribution in [2.45, 2.75) is 0 Å². The van der Waals surface area contributed by atoms with E-state index in [-0.39, 0.29) is 5.91 Å². The van der Waals surface area contributed by atoms with Crippen LogP contribution in [0.4, 0.5) is 5.69 Å². The molecule has 4 rings (SSSR count). The molecule has 1 amide bonds. The van der Waals surface area contributed by atoms with E-state index in [0.29, 0.717) is 22.7 Å². The van der Waals surface area contributed by atoms with Crippen LogP contribution in [0.5, 0.6) is 0 Å². The maximum atomic E-state index is 12.4. The minimum atomic E-state index is -0.155. The molecule has 0 aliphatic heterocycles. The number of para-hydroxylation sites is 1. The van der Waals surface area contributed by atoms with Gasteiger partial charge in [0.1, 0.15) is 5.82 Å². The Morgan fingerprint density at radius 1 is 0.917 bits per heavy atom. The molecule has 0 atom stereocenters. The summed E-state index contributed by atoms with van der Waals surface area (Å²) in [7, 11) is 0. The summed E-state index contributed by atoms with van der Waals surface area (Å²) in [6, 6.07) is 20.5. The summed E-state index contributed by atoms with van der Waals surface area (Å²) in [5, 5.41) is 2.95. The van der Waals surface area contributed by atoms with Gasteiger partial charge in [-0.15, -0.1) is 0 Å². The van der Waals surface area contributed by atoms with E-state index >= 15 is 0 Å². The summed E-state index contributed by atoms with van der Waals surface area (Å²) in [4.78, 5) is 24.4. The van der Waals surface area contributed by atoms with Crippen molar-refractivity contribution in [3.05, 3.63) is 78.5 Å². The number of aromatic amines is 1. The van der Waals surface area contributed by atoms with E-state index in [4.69, 9.17) is 0 Å². The molecule has 2 aromatic heterocycles. The van der Waals surface area contributed by atoms with E-state index < -0.39 is 0 Å². The van der Waals surface area contributed by atoms with Crippen molar-refractivity contribution in [3.8, 4) is 11.4 Å². The number of rotatable bonds is 3. The van der Waals surface area contributed by atoms with Gasteiger partial charge in [0.05, 0.1) is 11.2 Å². The monoisotopic (exact) mass is 314 g/mol. The van der Waals surface area contributed by atoms with Gasteiger partial charge >= 0.3 is 0 Å². The van der Waals surface area contributed by atoms with Crippen LogP contribution in [0.1, 0.15) is 10.4 Å². The highest BCUT2D eigenvalue weighted by Crippen LogP contribution is 2.27. The first-order valence-electron chi connectivity index (χ1n) is 7.58. The van der Waals surface area contributed by atoms with Crippen molar-refractivity contribution in [1.29, 1.82) is 0 Å². The van der Waals surface area contributed by atoms with Crippen LogP contribution in [-0.4, -0.2) is 20.9 Å². The number of H-pyrrole nitrogens is 1. The molecule has 0 saturated heterocycles. The van der Waals surface area contributed by atoms with Crippen molar-refractivity contribution in [3.63, 3.8) is 0 Å². The first kappa shape index (κ1) is 14.1. The number of carbonyl (C=O) groups excluding carboxylic acids is 1. The average molecular weight is 314 g/mol. The first-order valence-corrected chi connectivity index (χ1v) is 7.58. The first-order chi connectivity index (χ1) is 11.8. The second-order valence-electron chi connectivity index (χ2n) is 5.33. The molecule has 2 aromatic carbocycles. The SMILES string of the molecule is O=C(Nc1ccccc1-c1nc2ncccc2[nH]1)c1ccccc1. The van der Waals surface area contributed by atoms with Crippen LogP contribution in [0.2, 0.25) is 0 Å². The molecule has 0 aliphatic rings. The fourth-order valence-corrected chi connectivity index (χ4v) is 2.56. The van der Waals surface area contributed by atoms with Crippen molar-refractivity contribution in [2.75, 3.05) is 5.32 Å². The minimum Gasteiger partial charge on any atom is -0.337 e. The largest absolute Gasteiger partial charge is 0.337 e. The summed E-state index contributed by atoms with van der Waals surface area (Å²) in [5.41, 5.74) is 3.64. The second-order valence-corrected chi connectivity index (χ2v) is 5.33. The highest BCUT2D eigenvalue weighted by Gasteiger charge is 2.13. The molecule has 0 unspecified atom stereocenters. The third-order valence-corrected chi connectivity index (χ3v) is 3.72. The number of aromatic nitrogens is 3. The molecule has 5 heteroatoms. The lowest BCUT2D eigenvalue weighted by molar-refractivity contribution is 0.102. The van der Waals surface area contributed by atoms with Gasteiger partial charge < -0.3 is 10.3 Å². The predicted molar refractivity (Wildman–Crippen MR) is 93.7 cm³/mol. The molecule has 0 radical (unpaired) electrons. The summed E-state index contributed by atoms with van der Waals surface area (Å²) in [5.74, 6) is 0.518. The van der Waals surface area contributed by atoms with E-state index in [1.165, 1.54) is 0 Å². The number of nitrogens with zero attached hydrogens (tertiary/aromatic N) is 2. The Morgan fingerprint density at radius 3 is 2.54 bits per heavy atom. The zero-order chi connectivity index (χ0) is 16.4.